The summed E-state index contributed by atoms with van der Waals surface area (Å²) in [6.45, 7) is 0. The average molecular weight is 549 g/mol. The number of imide groups is 1. The molecule has 5 nitrogen and oxygen atoms in total. The number of para-hydroxylation sites is 1. The summed E-state index contributed by atoms with van der Waals surface area (Å²) in [5, 5.41) is 2.86. The Morgan fingerprint density at radius 1 is 0.730 bits per heavy atom. The van der Waals surface area contributed by atoms with Gasteiger partial charge in [-0.1, -0.05) is 82.7 Å². The Balaban J connectivity index is 1.26. The molecule has 0 spiro atoms. The normalized spacial score (nSPS) is 24.9. The summed E-state index contributed by atoms with van der Waals surface area (Å²) in [4.78, 5) is 42.0. The van der Waals surface area contributed by atoms with Crippen LogP contribution in [0, 0.1) is 11.8 Å². The van der Waals surface area contributed by atoms with E-state index in [2.05, 4.69) is 45.5 Å². The summed E-state index contributed by atoms with van der Waals surface area (Å²) in [6.07, 6.45) is 0. The maximum Gasteiger partial charge on any atom is 0.255 e. The molecule has 0 saturated carbocycles. The zero-order valence-electron chi connectivity index (χ0n) is 19.6. The number of nitrogens with zero attached hydrogens (tertiary/aromatic N) is 1. The molecule has 180 valence electrons. The molecule has 1 N–H and O–H groups in total. The van der Waals surface area contributed by atoms with Crippen molar-refractivity contribution in [1.29, 1.82) is 0 Å². The van der Waals surface area contributed by atoms with Crippen LogP contribution in [0.1, 0.15) is 38.5 Å². The lowest BCUT2D eigenvalue weighted by Gasteiger charge is -2.51. The van der Waals surface area contributed by atoms with Gasteiger partial charge in [0.15, 0.2) is 0 Å². The summed E-state index contributed by atoms with van der Waals surface area (Å²) in [6, 6.07) is 32.1. The monoisotopic (exact) mass is 548 g/mol. The van der Waals surface area contributed by atoms with Crippen LogP contribution in [0.3, 0.4) is 0 Å². The van der Waals surface area contributed by atoms with Gasteiger partial charge in [-0.05, 0) is 58.7 Å². The molecule has 4 aromatic rings. The molecule has 1 aliphatic heterocycles. The highest BCUT2D eigenvalue weighted by molar-refractivity contribution is 9.09. The third-order valence-electron chi connectivity index (χ3n) is 7.93. The lowest BCUT2D eigenvalue weighted by molar-refractivity contribution is -0.122. The van der Waals surface area contributed by atoms with Crippen molar-refractivity contribution in [3.05, 3.63) is 131 Å². The van der Waals surface area contributed by atoms with Crippen LogP contribution < -0.4 is 10.2 Å². The molecule has 2 bridgehead atoms. The Hall–Kier alpha value is -4.03. The van der Waals surface area contributed by atoms with Crippen molar-refractivity contribution in [2.24, 2.45) is 11.8 Å². The average Bonchev–Trinajstić information content (AvgIpc) is 3.20. The SMILES string of the molecule is O=C(Nc1ccccc1)c1ccc(N2C(=O)[C@@H]3C4c5ccccc5C(Br)(c5ccccc54)[C@@H]3C2=O)cc1. The van der Waals surface area contributed by atoms with E-state index < -0.39 is 16.2 Å². The number of amides is 3. The van der Waals surface area contributed by atoms with Crippen molar-refractivity contribution in [2.45, 2.75) is 10.2 Å². The molecule has 3 aliphatic carbocycles. The van der Waals surface area contributed by atoms with Crippen LogP contribution >= 0.6 is 15.9 Å². The Labute approximate surface area is 222 Å². The molecule has 37 heavy (non-hydrogen) atoms. The van der Waals surface area contributed by atoms with Crippen molar-refractivity contribution in [3.8, 4) is 0 Å². The third kappa shape index (κ3) is 2.99. The number of hydrogen-bond acceptors (Lipinski definition) is 3. The molecular weight excluding hydrogens is 528 g/mol. The standard InChI is InChI=1S/C31H21BrN2O3/c32-31-23-12-6-4-10-21(23)25(22-11-5-7-13-24(22)31)26-27(31)30(37)34(29(26)36)20-16-14-18(15-17-20)28(35)33-19-8-2-1-3-9-19/h1-17,25-27H,(H,33,35)/t25?,26-,27+,31?/m1/s1. The number of rotatable bonds is 3. The predicted octanol–water partition coefficient (Wildman–Crippen LogP) is 5.84. The van der Waals surface area contributed by atoms with Gasteiger partial charge >= 0.3 is 0 Å². The predicted molar refractivity (Wildman–Crippen MR) is 145 cm³/mol. The van der Waals surface area contributed by atoms with E-state index in [1.54, 1.807) is 24.3 Å². The van der Waals surface area contributed by atoms with Crippen molar-refractivity contribution in [1.82, 2.24) is 0 Å². The number of alkyl halides is 1. The van der Waals surface area contributed by atoms with Gasteiger partial charge in [0.05, 0.1) is 21.8 Å². The van der Waals surface area contributed by atoms with E-state index in [9.17, 15) is 14.4 Å². The van der Waals surface area contributed by atoms with Crippen LogP contribution in [0.5, 0.6) is 0 Å². The van der Waals surface area contributed by atoms with Crippen molar-refractivity contribution in [2.75, 3.05) is 10.2 Å². The number of hydrogen-bond donors (Lipinski definition) is 1. The first kappa shape index (κ1) is 22.2. The molecular formula is C31H21BrN2O3. The number of halogens is 1. The Morgan fingerprint density at radius 3 is 1.92 bits per heavy atom. The van der Waals surface area contributed by atoms with Crippen LogP contribution in [0.15, 0.2) is 103 Å². The fourth-order valence-electron chi connectivity index (χ4n) is 6.42. The van der Waals surface area contributed by atoms with Gasteiger partial charge in [-0.2, -0.15) is 0 Å². The number of benzene rings is 4. The molecule has 1 saturated heterocycles. The van der Waals surface area contributed by atoms with Gasteiger partial charge in [0.2, 0.25) is 11.8 Å². The molecule has 0 aromatic heterocycles. The molecule has 0 radical (unpaired) electrons. The van der Waals surface area contributed by atoms with Crippen molar-refractivity contribution in [3.63, 3.8) is 0 Å². The lowest BCUT2D eigenvalue weighted by atomic mass is 9.55. The zero-order chi connectivity index (χ0) is 25.3. The van der Waals surface area contributed by atoms with Crippen molar-refractivity contribution < 1.29 is 14.4 Å². The largest absolute Gasteiger partial charge is 0.322 e. The van der Waals surface area contributed by atoms with Gasteiger partial charge in [-0.3, -0.25) is 14.4 Å². The fourth-order valence-corrected chi connectivity index (χ4v) is 7.62. The minimum atomic E-state index is -0.781. The summed E-state index contributed by atoms with van der Waals surface area (Å²) < 4.78 is -0.781. The summed E-state index contributed by atoms with van der Waals surface area (Å²) in [5.41, 5.74) is 5.91. The van der Waals surface area contributed by atoms with Crippen LogP contribution in [0.25, 0.3) is 0 Å². The highest BCUT2D eigenvalue weighted by Gasteiger charge is 2.67. The molecule has 1 fully saturated rings. The van der Waals surface area contributed by atoms with E-state index in [1.807, 2.05) is 54.6 Å². The maximum absolute atomic E-state index is 14.0. The second-order valence-corrected chi connectivity index (χ2v) is 11.0. The number of nitrogens with one attached hydrogen (secondary N) is 1. The van der Waals surface area contributed by atoms with Crippen LogP contribution in [0.2, 0.25) is 0 Å². The highest BCUT2D eigenvalue weighted by atomic mass is 79.9. The van der Waals surface area contributed by atoms with E-state index in [-0.39, 0.29) is 23.6 Å². The minimum absolute atomic E-state index is 0.186. The van der Waals surface area contributed by atoms with Crippen LogP contribution in [0.4, 0.5) is 11.4 Å². The smallest absolute Gasteiger partial charge is 0.255 e. The number of carbonyl (C=O) groups excluding carboxylic acids is 3. The Morgan fingerprint density at radius 2 is 1.30 bits per heavy atom. The second-order valence-electron chi connectivity index (χ2n) is 9.75. The molecule has 2 atom stereocenters. The van der Waals surface area contributed by atoms with E-state index in [1.165, 1.54) is 4.90 Å². The van der Waals surface area contributed by atoms with E-state index in [0.29, 0.717) is 16.9 Å². The second kappa shape index (κ2) is 7.98. The van der Waals surface area contributed by atoms with E-state index in [0.717, 1.165) is 22.3 Å². The summed E-state index contributed by atoms with van der Waals surface area (Å²) in [5.74, 6) is -1.92. The van der Waals surface area contributed by atoms with Gasteiger partial charge in [0.25, 0.3) is 5.91 Å². The molecule has 8 rings (SSSR count). The fraction of sp³-hybridized carbons (Fsp3) is 0.129. The van der Waals surface area contributed by atoms with Gasteiger partial charge in [-0.25, -0.2) is 4.90 Å². The van der Waals surface area contributed by atoms with Gasteiger partial charge in [0.1, 0.15) is 0 Å². The first-order valence-corrected chi connectivity index (χ1v) is 13.0. The topological polar surface area (TPSA) is 66.5 Å². The lowest BCUT2D eigenvalue weighted by Crippen LogP contribution is -2.50. The first-order chi connectivity index (χ1) is 18.0. The summed E-state index contributed by atoms with van der Waals surface area (Å²) in [7, 11) is 0. The molecule has 3 amide bonds. The molecule has 0 unspecified atom stereocenters. The zero-order valence-corrected chi connectivity index (χ0v) is 21.2. The molecule has 6 heteroatoms. The quantitative estimate of drug-likeness (QED) is 0.258. The van der Waals surface area contributed by atoms with Crippen LogP contribution in [-0.2, 0) is 13.9 Å². The first-order valence-electron chi connectivity index (χ1n) is 12.2. The Bertz CT molecular complexity index is 1550. The Kier molecular flexibility index (Phi) is 4.79. The highest BCUT2D eigenvalue weighted by Crippen LogP contribution is 2.66. The molecule has 1 heterocycles. The van der Waals surface area contributed by atoms with Gasteiger partial charge in [0, 0.05) is 17.2 Å². The minimum Gasteiger partial charge on any atom is -0.322 e. The maximum atomic E-state index is 14.0. The molecule has 4 aromatic carbocycles. The van der Waals surface area contributed by atoms with Crippen LogP contribution in [-0.4, -0.2) is 17.7 Å². The van der Waals surface area contributed by atoms with E-state index in [4.69, 9.17) is 0 Å². The number of carbonyl (C=O) groups is 3. The van der Waals surface area contributed by atoms with Gasteiger partial charge in [-0.15, -0.1) is 0 Å². The molecule has 4 aliphatic rings. The summed E-state index contributed by atoms with van der Waals surface area (Å²) >= 11 is 4.01. The third-order valence-corrected chi connectivity index (χ3v) is 9.28. The van der Waals surface area contributed by atoms with E-state index >= 15 is 0 Å². The van der Waals surface area contributed by atoms with Crippen molar-refractivity contribution >= 4 is 45.0 Å². The van der Waals surface area contributed by atoms with Gasteiger partial charge < -0.3 is 5.32 Å². The number of anilines is 2.